The van der Waals surface area contributed by atoms with E-state index in [9.17, 15) is 5.11 Å². The van der Waals surface area contributed by atoms with E-state index in [1.807, 2.05) is 24.3 Å². The first-order valence-electron chi connectivity index (χ1n) is 5.59. The third-order valence-electron chi connectivity index (χ3n) is 2.63. The number of fused-ring (bicyclic) bond motifs is 1. The van der Waals surface area contributed by atoms with Crippen molar-refractivity contribution in [1.82, 2.24) is 9.97 Å². The first-order valence-corrected chi connectivity index (χ1v) is 5.97. The van der Waals surface area contributed by atoms with Gasteiger partial charge in [-0.3, -0.25) is 0 Å². The molecule has 0 radical (unpaired) electrons. The smallest absolute Gasteiger partial charge is 0.322 e. The summed E-state index contributed by atoms with van der Waals surface area (Å²) in [6.07, 6.45) is 2.87. The van der Waals surface area contributed by atoms with Crippen molar-refractivity contribution in [1.29, 1.82) is 0 Å². The van der Waals surface area contributed by atoms with E-state index in [2.05, 4.69) is 9.97 Å². The third-order valence-corrected chi connectivity index (χ3v) is 2.82. The molecule has 19 heavy (non-hydrogen) atoms. The maximum absolute atomic E-state index is 9.92. The summed E-state index contributed by atoms with van der Waals surface area (Å²) in [6, 6.07) is 11.2. The number of phenolic OH excluding ortho intramolecular Hbond substituents is 1. The zero-order valence-electron chi connectivity index (χ0n) is 9.75. The van der Waals surface area contributed by atoms with E-state index in [1.54, 1.807) is 12.1 Å². The van der Waals surface area contributed by atoms with Crippen molar-refractivity contribution in [3.8, 4) is 17.5 Å². The molecule has 0 saturated carbocycles. The molecule has 1 aromatic heterocycles. The number of halogens is 1. The van der Waals surface area contributed by atoms with Crippen molar-refractivity contribution >= 4 is 22.4 Å². The minimum absolute atomic E-state index is 0.0391. The number of aromatic nitrogens is 2. The Balaban J connectivity index is 2.00. The summed E-state index contributed by atoms with van der Waals surface area (Å²) >= 11 is 5.69. The lowest BCUT2D eigenvalue weighted by molar-refractivity contribution is 0.393. The maximum Gasteiger partial charge on any atom is 0.322 e. The summed E-state index contributed by atoms with van der Waals surface area (Å²) in [5, 5.41) is 12.2. The van der Waals surface area contributed by atoms with E-state index in [0.29, 0.717) is 10.8 Å². The molecule has 0 unspecified atom stereocenters. The number of ether oxygens (including phenoxy) is 1. The highest BCUT2D eigenvalue weighted by Crippen LogP contribution is 2.33. The van der Waals surface area contributed by atoms with Crippen LogP contribution in [0.25, 0.3) is 10.8 Å². The van der Waals surface area contributed by atoms with Crippen LogP contribution in [0.2, 0.25) is 5.02 Å². The zero-order valence-corrected chi connectivity index (χ0v) is 10.5. The summed E-state index contributed by atoms with van der Waals surface area (Å²) in [4.78, 5) is 7.84. The van der Waals surface area contributed by atoms with Crippen LogP contribution in [0.4, 0.5) is 0 Å². The van der Waals surface area contributed by atoms with Crippen LogP contribution in [0.5, 0.6) is 17.5 Å². The fourth-order valence-corrected chi connectivity index (χ4v) is 1.84. The topological polar surface area (TPSA) is 55.2 Å². The number of hydrogen-bond acceptors (Lipinski definition) is 4. The molecule has 0 spiro atoms. The largest absolute Gasteiger partial charge is 0.504 e. The second kappa shape index (κ2) is 4.74. The van der Waals surface area contributed by atoms with Crippen molar-refractivity contribution in [3.05, 3.63) is 53.8 Å². The molecule has 1 heterocycles. The molecule has 0 amide bonds. The average Bonchev–Trinajstić information content (AvgIpc) is 2.42. The van der Waals surface area contributed by atoms with Crippen molar-refractivity contribution in [2.24, 2.45) is 0 Å². The molecular weight excluding hydrogens is 264 g/mol. The molecule has 0 bridgehead atoms. The highest BCUT2D eigenvalue weighted by molar-refractivity contribution is 6.30. The Morgan fingerprint density at radius 1 is 1.00 bits per heavy atom. The van der Waals surface area contributed by atoms with Gasteiger partial charge in [-0.15, -0.1) is 0 Å². The SMILES string of the molecule is Oc1cc2ccccc2cc1Oc1ncc(Cl)cn1. The Kier molecular flexibility index (Phi) is 2.93. The van der Waals surface area contributed by atoms with E-state index in [0.717, 1.165) is 10.8 Å². The Morgan fingerprint density at radius 3 is 2.32 bits per heavy atom. The molecule has 0 aliphatic carbocycles. The van der Waals surface area contributed by atoms with Gasteiger partial charge in [-0.05, 0) is 22.9 Å². The van der Waals surface area contributed by atoms with Crippen LogP contribution < -0.4 is 4.74 Å². The summed E-state index contributed by atoms with van der Waals surface area (Å²) in [6.45, 7) is 0. The van der Waals surface area contributed by atoms with Gasteiger partial charge in [0.15, 0.2) is 11.5 Å². The first kappa shape index (κ1) is 11.7. The summed E-state index contributed by atoms with van der Waals surface area (Å²) in [7, 11) is 0. The van der Waals surface area contributed by atoms with Gasteiger partial charge in [0.25, 0.3) is 0 Å². The number of phenols is 1. The van der Waals surface area contributed by atoms with Gasteiger partial charge in [0.1, 0.15) is 0 Å². The zero-order chi connectivity index (χ0) is 13.2. The highest BCUT2D eigenvalue weighted by atomic mass is 35.5. The predicted octanol–water partition coefficient (Wildman–Crippen LogP) is 3.78. The summed E-state index contributed by atoms with van der Waals surface area (Å²) in [5.41, 5.74) is 0. The predicted molar refractivity (Wildman–Crippen MR) is 72.7 cm³/mol. The van der Waals surface area contributed by atoms with Crippen molar-refractivity contribution < 1.29 is 9.84 Å². The average molecular weight is 273 g/mol. The lowest BCUT2D eigenvalue weighted by Crippen LogP contribution is -1.91. The fraction of sp³-hybridized carbons (Fsp3) is 0. The third kappa shape index (κ3) is 2.44. The molecule has 5 heteroatoms. The van der Waals surface area contributed by atoms with Crippen molar-refractivity contribution in [2.45, 2.75) is 0 Å². The highest BCUT2D eigenvalue weighted by Gasteiger charge is 2.07. The van der Waals surface area contributed by atoms with E-state index in [-0.39, 0.29) is 11.8 Å². The van der Waals surface area contributed by atoms with E-state index < -0.39 is 0 Å². The van der Waals surface area contributed by atoms with E-state index in [4.69, 9.17) is 16.3 Å². The lowest BCUT2D eigenvalue weighted by Gasteiger charge is -2.07. The molecule has 2 aromatic carbocycles. The van der Waals surface area contributed by atoms with Gasteiger partial charge in [0.2, 0.25) is 0 Å². The maximum atomic E-state index is 9.92. The molecular formula is C14H9ClN2O2. The second-order valence-electron chi connectivity index (χ2n) is 3.95. The Bertz CT molecular complexity index is 729. The van der Waals surface area contributed by atoms with Crippen LogP contribution in [-0.2, 0) is 0 Å². The Morgan fingerprint density at radius 2 is 1.63 bits per heavy atom. The minimum atomic E-state index is 0.0391. The quantitative estimate of drug-likeness (QED) is 0.771. The fourth-order valence-electron chi connectivity index (χ4n) is 1.74. The first-order chi connectivity index (χ1) is 9.22. The van der Waals surface area contributed by atoms with Crippen LogP contribution >= 0.6 is 11.6 Å². The van der Waals surface area contributed by atoms with Crippen LogP contribution in [-0.4, -0.2) is 15.1 Å². The van der Waals surface area contributed by atoms with E-state index >= 15 is 0 Å². The Hall–Kier alpha value is -2.33. The van der Waals surface area contributed by atoms with Gasteiger partial charge < -0.3 is 9.84 Å². The summed E-state index contributed by atoms with van der Waals surface area (Å²) < 4.78 is 5.44. The van der Waals surface area contributed by atoms with Gasteiger partial charge in [0, 0.05) is 0 Å². The molecule has 0 aliphatic heterocycles. The molecule has 3 aromatic rings. The van der Waals surface area contributed by atoms with Crippen LogP contribution in [0.3, 0.4) is 0 Å². The monoisotopic (exact) mass is 272 g/mol. The number of hydrogen-bond donors (Lipinski definition) is 1. The molecule has 0 aliphatic rings. The normalized spacial score (nSPS) is 10.6. The van der Waals surface area contributed by atoms with Gasteiger partial charge in [-0.2, -0.15) is 0 Å². The molecule has 0 saturated heterocycles. The molecule has 0 fully saturated rings. The molecule has 94 valence electrons. The van der Waals surface area contributed by atoms with Gasteiger partial charge >= 0.3 is 6.01 Å². The lowest BCUT2D eigenvalue weighted by atomic mass is 10.1. The number of nitrogens with zero attached hydrogens (tertiary/aromatic N) is 2. The molecule has 3 rings (SSSR count). The molecule has 4 nitrogen and oxygen atoms in total. The minimum Gasteiger partial charge on any atom is -0.504 e. The van der Waals surface area contributed by atoms with Gasteiger partial charge in [-0.1, -0.05) is 35.9 Å². The number of rotatable bonds is 2. The molecule has 0 atom stereocenters. The second-order valence-corrected chi connectivity index (χ2v) is 4.39. The van der Waals surface area contributed by atoms with Crippen molar-refractivity contribution in [3.63, 3.8) is 0 Å². The summed E-state index contributed by atoms with van der Waals surface area (Å²) in [5.74, 6) is 0.346. The van der Waals surface area contributed by atoms with E-state index in [1.165, 1.54) is 12.4 Å². The Labute approximate surface area is 114 Å². The number of aromatic hydroxyl groups is 1. The van der Waals surface area contributed by atoms with Crippen LogP contribution in [0, 0.1) is 0 Å². The molecule has 1 N–H and O–H groups in total. The van der Waals surface area contributed by atoms with Gasteiger partial charge in [0.05, 0.1) is 17.4 Å². The van der Waals surface area contributed by atoms with Gasteiger partial charge in [-0.25, -0.2) is 9.97 Å². The van der Waals surface area contributed by atoms with Crippen LogP contribution in [0.15, 0.2) is 48.8 Å². The van der Waals surface area contributed by atoms with Crippen LogP contribution in [0.1, 0.15) is 0 Å². The standard InChI is InChI=1S/C14H9ClN2O2/c15-11-7-16-14(17-8-11)19-13-6-10-4-2-1-3-9(10)5-12(13)18/h1-8,18H. The van der Waals surface area contributed by atoms with Crippen molar-refractivity contribution in [2.75, 3.05) is 0 Å². The number of benzene rings is 2.